The second kappa shape index (κ2) is 5.05. The van der Waals surface area contributed by atoms with Gasteiger partial charge < -0.3 is 4.74 Å². The van der Waals surface area contributed by atoms with Crippen LogP contribution in [0.1, 0.15) is 59.5 Å². The molecule has 2 aliphatic rings. The van der Waals surface area contributed by atoms with Crippen molar-refractivity contribution in [3.63, 3.8) is 0 Å². The van der Waals surface area contributed by atoms with Crippen LogP contribution in [0.25, 0.3) is 0 Å². The van der Waals surface area contributed by atoms with Gasteiger partial charge in [-0.25, -0.2) is 0 Å². The minimum atomic E-state index is -0.184. The molecule has 0 radical (unpaired) electrons. The maximum absolute atomic E-state index is 12.5. The number of ether oxygens (including phenoxy) is 1. The Labute approximate surface area is 132 Å². The molecule has 2 heterocycles. The lowest BCUT2D eigenvalue weighted by atomic mass is 9.97. The first-order valence-corrected chi connectivity index (χ1v) is 8.39. The number of rotatable bonds is 3. The molecule has 1 aromatic carbocycles. The Hall–Kier alpha value is -1.95. The van der Waals surface area contributed by atoms with Crippen LogP contribution < -0.4 is 10.1 Å². The van der Waals surface area contributed by atoms with E-state index in [9.17, 15) is 4.79 Å². The van der Waals surface area contributed by atoms with E-state index in [1.807, 2.05) is 19.1 Å². The molecule has 1 saturated carbocycles. The summed E-state index contributed by atoms with van der Waals surface area (Å²) in [5.41, 5.74) is 1.66. The highest BCUT2D eigenvalue weighted by molar-refractivity contribution is 7.15. The van der Waals surface area contributed by atoms with Gasteiger partial charge in [0.15, 0.2) is 0 Å². The number of carbonyl (C=O) groups is 1. The topological polar surface area (TPSA) is 64.1 Å². The highest BCUT2D eigenvalue weighted by Crippen LogP contribution is 2.43. The fourth-order valence-electron chi connectivity index (χ4n) is 2.71. The molecular formula is C16H17N3O2S. The van der Waals surface area contributed by atoms with Gasteiger partial charge in [0.25, 0.3) is 5.91 Å². The smallest absolute Gasteiger partial charge is 0.261 e. The first-order valence-electron chi connectivity index (χ1n) is 7.58. The summed E-state index contributed by atoms with van der Waals surface area (Å²) in [6.45, 7) is 4.14. The van der Waals surface area contributed by atoms with E-state index in [0.29, 0.717) is 28.3 Å². The van der Waals surface area contributed by atoms with Crippen LogP contribution >= 0.6 is 11.3 Å². The summed E-state index contributed by atoms with van der Waals surface area (Å²) in [6.07, 6.45) is 2.45. The predicted octanol–water partition coefficient (Wildman–Crippen LogP) is 3.55. The first kappa shape index (κ1) is 13.7. The average molecular weight is 315 g/mol. The predicted molar refractivity (Wildman–Crippen MR) is 84.8 cm³/mol. The molecule has 2 atom stereocenters. The number of benzene rings is 1. The highest BCUT2D eigenvalue weighted by atomic mass is 32.1. The molecule has 22 heavy (non-hydrogen) atoms. The molecule has 114 valence electrons. The van der Waals surface area contributed by atoms with Crippen LogP contribution in [0.5, 0.6) is 5.75 Å². The van der Waals surface area contributed by atoms with Crippen LogP contribution in [0.3, 0.4) is 0 Å². The Morgan fingerprint density at radius 3 is 2.91 bits per heavy atom. The van der Waals surface area contributed by atoms with E-state index in [2.05, 4.69) is 22.4 Å². The van der Waals surface area contributed by atoms with Crippen LogP contribution in [-0.4, -0.2) is 22.2 Å². The number of amides is 1. The minimum absolute atomic E-state index is 0.0898. The second-order valence-electron chi connectivity index (χ2n) is 6.01. The number of aromatic nitrogens is 2. The molecule has 1 aromatic heterocycles. The summed E-state index contributed by atoms with van der Waals surface area (Å²) in [7, 11) is 0. The lowest BCUT2D eigenvalue weighted by Gasteiger charge is -2.08. The van der Waals surface area contributed by atoms with Crippen molar-refractivity contribution in [1.82, 2.24) is 10.2 Å². The molecule has 1 N–H and O–H groups in total. The van der Waals surface area contributed by atoms with E-state index in [1.54, 1.807) is 6.07 Å². The number of nitrogens with zero attached hydrogens (tertiary/aromatic N) is 2. The quantitative estimate of drug-likeness (QED) is 0.940. The van der Waals surface area contributed by atoms with Crippen LogP contribution in [0.15, 0.2) is 18.2 Å². The molecule has 5 nitrogen and oxygen atoms in total. The van der Waals surface area contributed by atoms with Gasteiger partial charge in [-0.05, 0) is 25.8 Å². The van der Waals surface area contributed by atoms with E-state index >= 15 is 0 Å². The summed E-state index contributed by atoms with van der Waals surface area (Å²) >= 11 is 1.47. The fraction of sp³-hybridized carbons (Fsp3) is 0.438. The molecule has 4 rings (SSSR count). The zero-order valence-electron chi connectivity index (χ0n) is 12.5. The number of fused-ring (bicyclic) bond motifs is 1. The maximum atomic E-state index is 12.5. The van der Waals surface area contributed by atoms with E-state index in [0.717, 1.165) is 10.6 Å². The van der Waals surface area contributed by atoms with Crippen molar-refractivity contribution >= 4 is 22.4 Å². The summed E-state index contributed by atoms with van der Waals surface area (Å²) < 4.78 is 5.87. The maximum Gasteiger partial charge on any atom is 0.261 e. The van der Waals surface area contributed by atoms with Gasteiger partial charge in [-0.15, -0.1) is 10.2 Å². The van der Waals surface area contributed by atoms with Gasteiger partial charge in [-0.1, -0.05) is 30.4 Å². The van der Waals surface area contributed by atoms with Gasteiger partial charge in [0.05, 0.1) is 5.56 Å². The van der Waals surface area contributed by atoms with Gasteiger partial charge in [0.2, 0.25) is 5.13 Å². The van der Waals surface area contributed by atoms with Crippen LogP contribution in [0, 0.1) is 0 Å². The van der Waals surface area contributed by atoms with Gasteiger partial charge in [0, 0.05) is 17.4 Å². The minimum Gasteiger partial charge on any atom is -0.489 e. The molecule has 1 aliphatic carbocycles. The molecule has 2 aromatic rings. The number of nitrogens with one attached hydrogen (secondary N) is 1. The first-order chi connectivity index (χ1) is 10.6. The van der Waals surface area contributed by atoms with Crippen LogP contribution in [-0.2, 0) is 0 Å². The molecule has 6 heteroatoms. The summed E-state index contributed by atoms with van der Waals surface area (Å²) in [4.78, 5) is 12.5. The Morgan fingerprint density at radius 1 is 1.32 bits per heavy atom. The molecule has 2 unspecified atom stereocenters. The highest BCUT2D eigenvalue weighted by Gasteiger charge is 2.32. The molecule has 0 saturated heterocycles. The van der Waals surface area contributed by atoms with Gasteiger partial charge in [-0.3, -0.25) is 10.1 Å². The molecule has 1 aliphatic heterocycles. The second-order valence-corrected chi connectivity index (χ2v) is 7.02. The van der Waals surface area contributed by atoms with Crippen molar-refractivity contribution in [3.05, 3.63) is 34.3 Å². The monoisotopic (exact) mass is 315 g/mol. The van der Waals surface area contributed by atoms with E-state index in [-0.39, 0.29) is 12.0 Å². The Balaban J connectivity index is 1.58. The molecular weight excluding hydrogens is 298 g/mol. The van der Waals surface area contributed by atoms with E-state index in [1.165, 1.54) is 24.2 Å². The molecule has 1 fully saturated rings. The van der Waals surface area contributed by atoms with E-state index < -0.39 is 0 Å². The third-order valence-corrected chi connectivity index (χ3v) is 5.38. The van der Waals surface area contributed by atoms with Gasteiger partial charge in [0.1, 0.15) is 16.9 Å². The number of carbonyl (C=O) groups excluding carboxylic acids is 1. The number of para-hydroxylation sites is 1. The van der Waals surface area contributed by atoms with E-state index in [4.69, 9.17) is 4.74 Å². The lowest BCUT2D eigenvalue weighted by Crippen LogP contribution is -2.14. The SMILES string of the molecule is CC1Oc2c(C(=O)Nc3nnc(C4CC4)s3)cccc2C1C. The zero-order valence-corrected chi connectivity index (χ0v) is 13.3. The van der Waals surface area contributed by atoms with Crippen molar-refractivity contribution in [2.24, 2.45) is 0 Å². The number of hydrogen-bond acceptors (Lipinski definition) is 5. The number of anilines is 1. The Morgan fingerprint density at radius 2 is 2.14 bits per heavy atom. The fourth-order valence-corrected chi connectivity index (χ4v) is 3.62. The van der Waals surface area contributed by atoms with Gasteiger partial charge >= 0.3 is 0 Å². The molecule has 0 spiro atoms. The normalized spacial score (nSPS) is 23.0. The Bertz CT molecular complexity index is 739. The van der Waals surface area contributed by atoms with Crippen molar-refractivity contribution in [2.45, 2.75) is 44.6 Å². The van der Waals surface area contributed by atoms with Crippen LogP contribution in [0.4, 0.5) is 5.13 Å². The van der Waals surface area contributed by atoms with Crippen LogP contribution in [0.2, 0.25) is 0 Å². The zero-order chi connectivity index (χ0) is 15.3. The Kier molecular flexibility index (Phi) is 3.14. The molecule has 1 amide bonds. The lowest BCUT2D eigenvalue weighted by molar-refractivity contribution is 0.102. The third kappa shape index (κ3) is 2.27. The average Bonchev–Trinajstić information content (AvgIpc) is 3.19. The molecule has 0 bridgehead atoms. The number of hydrogen-bond donors (Lipinski definition) is 1. The summed E-state index contributed by atoms with van der Waals surface area (Å²) in [5.74, 6) is 1.36. The van der Waals surface area contributed by atoms with Crippen molar-refractivity contribution in [2.75, 3.05) is 5.32 Å². The third-order valence-electron chi connectivity index (χ3n) is 4.38. The standard InChI is InChI=1S/C16H17N3O2S/c1-8-9(2)21-13-11(8)4-3-5-12(13)14(20)17-16-19-18-15(22-16)10-6-7-10/h3-5,8-10H,6-7H2,1-2H3,(H,17,19,20). The van der Waals surface area contributed by atoms with Crippen molar-refractivity contribution in [3.8, 4) is 5.75 Å². The largest absolute Gasteiger partial charge is 0.489 e. The van der Waals surface area contributed by atoms with Gasteiger partial charge in [-0.2, -0.15) is 0 Å². The van der Waals surface area contributed by atoms with Crippen molar-refractivity contribution in [1.29, 1.82) is 0 Å². The summed E-state index contributed by atoms with van der Waals surface area (Å²) in [5, 5.41) is 12.6. The van der Waals surface area contributed by atoms with Crippen molar-refractivity contribution < 1.29 is 9.53 Å². The summed E-state index contributed by atoms with van der Waals surface area (Å²) in [6, 6.07) is 5.72.